The van der Waals surface area contributed by atoms with E-state index in [4.69, 9.17) is 0 Å². The van der Waals surface area contributed by atoms with Crippen molar-refractivity contribution in [3.63, 3.8) is 0 Å². The van der Waals surface area contributed by atoms with E-state index in [1.54, 1.807) is 5.56 Å². The molecule has 5 aromatic carbocycles. The van der Waals surface area contributed by atoms with Crippen molar-refractivity contribution in [3.05, 3.63) is 94.0 Å². The minimum Gasteiger partial charge on any atom is -0.308 e. The molecule has 4 aromatic heterocycles. The Balaban J connectivity index is 1.20. The van der Waals surface area contributed by atoms with Crippen LogP contribution in [0.5, 0.6) is 0 Å². The van der Waals surface area contributed by atoms with Crippen LogP contribution in [0.25, 0.3) is 76.2 Å². The summed E-state index contributed by atoms with van der Waals surface area (Å²) in [6.45, 7) is 9.37. The maximum absolute atomic E-state index is 10.9. The summed E-state index contributed by atoms with van der Waals surface area (Å²) in [7, 11) is 0. The molecule has 2 spiro atoms. The molecule has 4 aliphatic carbocycles. The zero-order chi connectivity index (χ0) is 36.3. The molecule has 9 aromatic rings. The molecule has 0 N–H and O–H groups in total. The zero-order valence-electron chi connectivity index (χ0n) is 31.6. The molecule has 0 atom stereocenters. The SMILES string of the molecule is CC1(C)CC(C)(C)c2c1c(C#N)cc1c2c2cccc3c4cc5c(cc4n1c32)c1cccc2c3c4c(c(C#N)cc3n5c12)C1(CCCC1)CC41CCCC1. The highest BCUT2D eigenvalue weighted by Crippen LogP contribution is 2.65. The van der Waals surface area contributed by atoms with Gasteiger partial charge in [-0.1, -0.05) is 89.8 Å². The van der Waals surface area contributed by atoms with Gasteiger partial charge in [0, 0.05) is 43.1 Å². The van der Waals surface area contributed by atoms with Crippen LogP contribution in [0.1, 0.15) is 125 Å². The molecule has 4 nitrogen and oxygen atoms in total. The van der Waals surface area contributed by atoms with Crippen molar-refractivity contribution in [1.29, 1.82) is 10.5 Å². The number of nitrogens with zero attached hydrogens (tertiary/aromatic N) is 4. The molecule has 4 aliphatic rings. The summed E-state index contributed by atoms with van der Waals surface area (Å²) in [5.74, 6) is 0. The van der Waals surface area contributed by atoms with Crippen molar-refractivity contribution in [2.45, 2.75) is 114 Å². The second kappa shape index (κ2) is 9.13. The third kappa shape index (κ3) is 3.12. The molecule has 0 unspecified atom stereocenters. The van der Waals surface area contributed by atoms with Crippen molar-refractivity contribution >= 4 is 76.2 Å². The van der Waals surface area contributed by atoms with E-state index in [0.29, 0.717) is 0 Å². The second-order valence-corrected chi connectivity index (χ2v) is 19.4. The van der Waals surface area contributed by atoms with Crippen molar-refractivity contribution in [1.82, 2.24) is 8.80 Å². The predicted molar refractivity (Wildman–Crippen MR) is 221 cm³/mol. The number of nitriles is 2. The van der Waals surface area contributed by atoms with Gasteiger partial charge in [0.1, 0.15) is 0 Å². The molecule has 54 heavy (non-hydrogen) atoms. The van der Waals surface area contributed by atoms with E-state index in [-0.39, 0.29) is 21.7 Å². The van der Waals surface area contributed by atoms with Crippen LogP contribution < -0.4 is 0 Å². The summed E-state index contributed by atoms with van der Waals surface area (Å²) in [4.78, 5) is 0. The number of aromatic nitrogens is 2. The lowest BCUT2D eigenvalue weighted by Gasteiger charge is -2.29. The Morgan fingerprint density at radius 1 is 0.481 bits per heavy atom. The first-order valence-electron chi connectivity index (χ1n) is 20.4. The molecule has 0 amide bonds. The molecule has 13 rings (SSSR count). The molecule has 4 heterocycles. The Bertz CT molecular complexity index is 3300. The number of hydrogen-bond acceptors (Lipinski definition) is 2. The summed E-state index contributed by atoms with van der Waals surface area (Å²) in [5.41, 5.74) is 14.9. The monoisotopic (exact) mass is 698 g/mol. The summed E-state index contributed by atoms with van der Waals surface area (Å²) in [5, 5.41) is 32.0. The lowest BCUT2D eigenvalue weighted by molar-refractivity contribution is 0.324. The summed E-state index contributed by atoms with van der Waals surface area (Å²) in [6.07, 6.45) is 12.4. The summed E-state index contributed by atoms with van der Waals surface area (Å²) in [6, 6.07) is 28.6. The number of para-hydroxylation sites is 2. The van der Waals surface area contributed by atoms with Crippen LogP contribution in [-0.2, 0) is 21.7 Å². The molecule has 0 radical (unpaired) electrons. The molecule has 0 aliphatic heterocycles. The number of hydrogen-bond donors (Lipinski definition) is 0. The molecule has 262 valence electrons. The van der Waals surface area contributed by atoms with E-state index >= 15 is 0 Å². The Hall–Kier alpha value is -5.32. The lowest BCUT2D eigenvalue weighted by atomic mass is 9.74. The topological polar surface area (TPSA) is 56.4 Å². The fourth-order valence-corrected chi connectivity index (χ4v) is 14.5. The lowest BCUT2D eigenvalue weighted by Crippen LogP contribution is -2.24. The number of fused-ring (bicyclic) bond motifs is 18. The summed E-state index contributed by atoms with van der Waals surface area (Å²) < 4.78 is 5.02. The molecule has 4 heteroatoms. The van der Waals surface area contributed by atoms with E-state index < -0.39 is 0 Å². The van der Waals surface area contributed by atoms with Gasteiger partial charge in [-0.15, -0.1) is 0 Å². The second-order valence-electron chi connectivity index (χ2n) is 19.4. The van der Waals surface area contributed by atoms with Crippen LogP contribution >= 0.6 is 0 Å². The summed E-state index contributed by atoms with van der Waals surface area (Å²) >= 11 is 0. The first-order valence-corrected chi connectivity index (χ1v) is 20.4. The molecule has 2 fully saturated rings. The van der Waals surface area contributed by atoms with Crippen LogP contribution in [0.2, 0.25) is 0 Å². The molecule has 0 saturated heterocycles. The van der Waals surface area contributed by atoms with E-state index in [0.717, 1.165) is 23.1 Å². The smallest absolute Gasteiger partial charge is 0.0995 e. The van der Waals surface area contributed by atoms with Gasteiger partial charge in [-0.2, -0.15) is 10.5 Å². The van der Waals surface area contributed by atoms with E-state index in [1.165, 1.54) is 145 Å². The van der Waals surface area contributed by atoms with Crippen LogP contribution in [-0.4, -0.2) is 8.80 Å². The Kier molecular flexibility index (Phi) is 5.08. The highest BCUT2D eigenvalue weighted by Gasteiger charge is 2.56. The fraction of sp³-hybridized carbons (Fsp3) is 0.360. The van der Waals surface area contributed by atoms with Gasteiger partial charge in [0.15, 0.2) is 0 Å². The normalized spacial score (nSPS) is 20.8. The highest BCUT2D eigenvalue weighted by atomic mass is 14.9. The average molecular weight is 699 g/mol. The van der Waals surface area contributed by atoms with Gasteiger partial charge in [-0.05, 0) is 107 Å². The molecular formula is C50H42N4. The van der Waals surface area contributed by atoms with Crippen molar-refractivity contribution in [3.8, 4) is 12.1 Å². The first kappa shape index (κ1) is 30.1. The fourth-order valence-electron chi connectivity index (χ4n) is 14.5. The molecular weight excluding hydrogens is 657 g/mol. The highest BCUT2D eigenvalue weighted by molar-refractivity contribution is 6.29. The average Bonchev–Trinajstić information content (AvgIpc) is 4.03. The molecule has 0 bridgehead atoms. The Morgan fingerprint density at radius 2 is 0.926 bits per heavy atom. The molecule has 2 saturated carbocycles. The van der Waals surface area contributed by atoms with Gasteiger partial charge in [-0.3, -0.25) is 0 Å². The van der Waals surface area contributed by atoms with Crippen LogP contribution in [0.15, 0.2) is 60.7 Å². The van der Waals surface area contributed by atoms with Gasteiger partial charge in [-0.25, -0.2) is 0 Å². The number of benzene rings is 5. The van der Waals surface area contributed by atoms with Gasteiger partial charge in [0.25, 0.3) is 0 Å². The zero-order valence-corrected chi connectivity index (χ0v) is 31.6. The van der Waals surface area contributed by atoms with Crippen LogP contribution in [0.4, 0.5) is 0 Å². The van der Waals surface area contributed by atoms with Gasteiger partial charge in [0.2, 0.25) is 0 Å². The predicted octanol–water partition coefficient (Wildman–Crippen LogP) is 12.7. The van der Waals surface area contributed by atoms with Crippen molar-refractivity contribution < 1.29 is 0 Å². The van der Waals surface area contributed by atoms with Crippen molar-refractivity contribution in [2.24, 2.45) is 0 Å². The minimum atomic E-state index is -0.0669. The van der Waals surface area contributed by atoms with Gasteiger partial charge in [0.05, 0.1) is 56.4 Å². The largest absolute Gasteiger partial charge is 0.308 e. The van der Waals surface area contributed by atoms with Crippen molar-refractivity contribution in [2.75, 3.05) is 0 Å². The van der Waals surface area contributed by atoms with E-state index in [9.17, 15) is 10.5 Å². The van der Waals surface area contributed by atoms with Crippen LogP contribution in [0.3, 0.4) is 0 Å². The van der Waals surface area contributed by atoms with Gasteiger partial charge < -0.3 is 8.80 Å². The standard InChI is InChI=1S/C50H42N4/c1-47(2)25-48(3,4)43-39-31-13-9-11-29-33-22-36-34(21-35(33)53(45(29)31)37(39)19-27(23-51)41(43)47)30-12-10-14-32-40-38(54(36)46(30)32)20-28(24-52)42-44(40)50(17-7-8-18-50)26-49(42)15-5-6-16-49/h9-14,19-22H,5-8,15-18,25-26H2,1-4H3. The minimum absolute atomic E-state index is 0.0454. The van der Waals surface area contributed by atoms with E-state index in [1.807, 2.05) is 0 Å². The number of rotatable bonds is 0. The third-order valence-corrected chi connectivity index (χ3v) is 15.7. The quantitative estimate of drug-likeness (QED) is 0.158. The first-order chi connectivity index (χ1) is 26.1. The maximum Gasteiger partial charge on any atom is 0.0995 e. The Morgan fingerprint density at radius 3 is 1.44 bits per heavy atom. The maximum atomic E-state index is 10.9. The van der Waals surface area contributed by atoms with E-state index in [2.05, 4.69) is 109 Å². The van der Waals surface area contributed by atoms with Crippen LogP contribution in [0, 0.1) is 22.7 Å². The Labute approximate surface area is 314 Å². The van der Waals surface area contributed by atoms with Gasteiger partial charge >= 0.3 is 0 Å². The third-order valence-electron chi connectivity index (χ3n) is 15.7.